The quantitative estimate of drug-likeness (QED) is 0.701. The van der Waals surface area contributed by atoms with Crippen molar-refractivity contribution >= 4 is 44.6 Å². The standard InChI is InChI=1S/C21H24ClN3O4S/c22-17-6-1-2-7-18(17)24-30(27,28)20-14-16(23-21(26)15-4-3-5-15)8-9-19(20)25-10-12-29-13-11-25/h1-2,6-9,14-15,24H,3-5,10-13H2,(H,23,26). The summed E-state index contributed by atoms with van der Waals surface area (Å²) in [6, 6.07) is 11.7. The van der Waals surface area contributed by atoms with Crippen LogP contribution in [-0.2, 0) is 19.6 Å². The van der Waals surface area contributed by atoms with Crippen LogP contribution in [0.15, 0.2) is 47.4 Å². The fraction of sp³-hybridized carbons (Fsp3) is 0.381. The molecule has 1 aliphatic heterocycles. The number of halogens is 1. The van der Waals surface area contributed by atoms with E-state index >= 15 is 0 Å². The van der Waals surface area contributed by atoms with E-state index in [1.807, 2.05) is 4.90 Å². The van der Waals surface area contributed by atoms with Crippen molar-refractivity contribution < 1.29 is 17.9 Å². The molecule has 2 N–H and O–H groups in total. The summed E-state index contributed by atoms with van der Waals surface area (Å²) in [6.07, 6.45) is 2.79. The van der Waals surface area contributed by atoms with Gasteiger partial charge in [-0.25, -0.2) is 8.42 Å². The SMILES string of the molecule is O=C(Nc1ccc(N2CCOCC2)c(S(=O)(=O)Nc2ccccc2Cl)c1)C1CCC1. The minimum absolute atomic E-state index is 0.00484. The van der Waals surface area contributed by atoms with Crippen molar-refractivity contribution in [1.82, 2.24) is 0 Å². The number of ether oxygens (including phenoxy) is 1. The molecule has 2 fully saturated rings. The molecule has 4 rings (SSSR count). The highest BCUT2D eigenvalue weighted by molar-refractivity contribution is 7.93. The Kier molecular flexibility index (Phi) is 6.17. The molecule has 1 heterocycles. The fourth-order valence-electron chi connectivity index (χ4n) is 3.53. The van der Waals surface area contributed by atoms with Crippen molar-refractivity contribution in [2.45, 2.75) is 24.2 Å². The Balaban J connectivity index is 1.68. The largest absolute Gasteiger partial charge is 0.378 e. The molecule has 1 aliphatic carbocycles. The number of rotatable bonds is 6. The molecule has 0 unspecified atom stereocenters. The molecule has 9 heteroatoms. The van der Waals surface area contributed by atoms with Gasteiger partial charge in [0.1, 0.15) is 4.90 Å². The van der Waals surface area contributed by atoms with E-state index < -0.39 is 10.0 Å². The minimum atomic E-state index is -3.95. The van der Waals surface area contributed by atoms with Crippen LogP contribution in [0.3, 0.4) is 0 Å². The van der Waals surface area contributed by atoms with Gasteiger partial charge in [0.15, 0.2) is 0 Å². The lowest BCUT2D eigenvalue weighted by molar-refractivity contribution is -0.122. The van der Waals surface area contributed by atoms with E-state index in [1.165, 1.54) is 6.07 Å². The molecule has 1 saturated carbocycles. The number of amides is 1. The van der Waals surface area contributed by atoms with E-state index in [4.69, 9.17) is 16.3 Å². The van der Waals surface area contributed by atoms with Crippen LogP contribution in [0.25, 0.3) is 0 Å². The average molecular weight is 450 g/mol. The van der Waals surface area contributed by atoms with Crippen molar-refractivity contribution in [3.63, 3.8) is 0 Å². The second-order valence-corrected chi connectivity index (χ2v) is 9.54. The molecule has 0 aromatic heterocycles. The predicted octanol–water partition coefficient (Wildman–Crippen LogP) is 3.72. The third kappa shape index (κ3) is 4.55. The molecule has 1 amide bonds. The fourth-order valence-corrected chi connectivity index (χ4v) is 5.10. The number of carbonyl (C=O) groups excluding carboxylic acids is 1. The van der Waals surface area contributed by atoms with Gasteiger partial charge >= 0.3 is 0 Å². The van der Waals surface area contributed by atoms with Crippen LogP contribution in [0.4, 0.5) is 17.1 Å². The van der Waals surface area contributed by atoms with Crippen LogP contribution in [0.1, 0.15) is 19.3 Å². The van der Waals surface area contributed by atoms with Gasteiger partial charge in [0, 0.05) is 24.7 Å². The molecule has 30 heavy (non-hydrogen) atoms. The Morgan fingerprint density at radius 2 is 1.83 bits per heavy atom. The number of para-hydroxylation sites is 1. The lowest BCUT2D eigenvalue weighted by Crippen LogP contribution is -2.37. The first-order chi connectivity index (χ1) is 14.4. The number of nitrogens with zero attached hydrogens (tertiary/aromatic N) is 1. The first kappa shape index (κ1) is 21.0. The van der Waals surface area contributed by atoms with E-state index in [9.17, 15) is 13.2 Å². The molecule has 2 aromatic rings. The van der Waals surface area contributed by atoms with Crippen LogP contribution in [-0.4, -0.2) is 40.6 Å². The van der Waals surface area contributed by atoms with Crippen LogP contribution >= 0.6 is 11.6 Å². The van der Waals surface area contributed by atoms with Gasteiger partial charge in [0.2, 0.25) is 5.91 Å². The molecule has 0 atom stereocenters. The highest BCUT2D eigenvalue weighted by Gasteiger charge is 2.27. The Bertz CT molecular complexity index is 1030. The van der Waals surface area contributed by atoms with Crippen molar-refractivity contribution in [2.75, 3.05) is 41.2 Å². The number of nitrogens with one attached hydrogen (secondary N) is 2. The van der Waals surface area contributed by atoms with Crippen molar-refractivity contribution in [2.24, 2.45) is 5.92 Å². The summed E-state index contributed by atoms with van der Waals surface area (Å²) in [4.78, 5) is 14.4. The summed E-state index contributed by atoms with van der Waals surface area (Å²) in [5.74, 6) is -0.0620. The van der Waals surface area contributed by atoms with E-state index in [1.54, 1.807) is 36.4 Å². The van der Waals surface area contributed by atoms with Gasteiger partial charge in [-0.1, -0.05) is 30.2 Å². The van der Waals surface area contributed by atoms with E-state index in [0.29, 0.717) is 48.4 Å². The van der Waals surface area contributed by atoms with Crippen LogP contribution in [0.5, 0.6) is 0 Å². The van der Waals surface area contributed by atoms with Gasteiger partial charge in [-0.05, 0) is 43.2 Å². The van der Waals surface area contributed by atoms with Gasteiger partial charge in [0.05, 0.1) is 29.6 Å². The third-order valence-corrected chi connectivity index (χ3v) is 7.19. The Hall–Kier alpha value is -2.29. The summed E-state index contributed by atoms with van der Waals surface area (Å²) in [6.45, 7) is 2.22. The molecular formula is C21H24ClN3O4S. The molecular weight excluding hydrogens is 426 g/mol. The Morgan fingerprint density at radius 3 is 2.50 bits per heavy atom. The predicted molar refractivity (Wildman–Crippen MR) is 118 cm³/mol. The van der Waals surface area contributed by atoms with Crippen LogP contribution in [0.2, 0.25) is 5.02 Å². The van der Waals surface area contributed by atoms with Gasteiger partial charge in [-0.3, -0.25) is 9.52 Å². The Morgan fingerprint density at radius 1 is 1.10 bits per heavy atom. The van der Waals surface area contributed by atoms with E-state index in [0.717, 1.165) is 19.3 Å². The summed E-state index contributed by atoms with van der Waals surface area (Å²) < 4.78 is 34.6. The smallest absolute Gasteiger partial charge is 0.264 e. The third-order valence-electron chi connectivity index (χ3n) is 5.46. The molecule has 0 bridgehead atoms. The number of hydrogen-bond donors (Lipinski definition) is 2. The first-order valence-corrected chi connectivity index (χ1v) is 11.8. The van der Waals surface area contributed by atoms with Gasteiger partial charge in [0.25, 0.3) is 10.0 Å². The maximum Gasteiger partial charge on any atom is 0.264 e. The maximum absolute atomic E-state index is 13.3. The number of hydrogen-bond acceptors (Lipinski definition) is 5. The van der Waals surface area contributed by atoms with E-state index in [-0.39, 0.29) is 16.7 Å². The van der Waals surface area contributed by atoms with E-state index in [2.05, 4.69) is 10.0 Å². The second-order valence-electron chi connectivity index (χ2n) is 7.48. The normalized spacial score (nSPS) is 17.3. The van der Waals surface area contributed by atoms with Crippen LogP contribution in [0, 0.1) is 5.92 Å². The lowest BCUT2D eigenvalue weighted by Gasteiger charge is -2.31. The molecule has 0 radical (unpaired) electrons. The summed E-state index contributed by atoms with van der Waals surface area (Å²) in [5, 5.41) is 3.17. The number of morpholine rings is 1. The second kappa shape index (κ2) is 8.83. The van der Waals surface area contributed by atoms with Crippen molar-refractivity contribution in [1.29, 1.82) is 0 Å². The van der Waals surface area contributed by atoms with Crippen molar-refractivity contribution in [3.05, 3.63) is 47.5 Å². The molecule has 1 saturated heterocycles. The number of carbonyl (C=O) groups is 1. The Labute approximate surface area is 181 Å². The highest BCUT2D eigenvalue weighted by atomic mass is 35.5. The highest BCUT2D eigenvalue weighted by Crippen LogP contribution is 2.33. The zero-order valence-electron chi connectivity index (χ0n) is 16.4. The maximum atomic E-state index is 13.3. The zero-order chi connectivity index (χ0) is 21.1. The average Bonchev–Trinajstić information content (AvgIpc) is 2.69. The summed E-state index contributed by atoms with van der Waals surface area (Å²) >= 11 is 6.15. The zero-order valence-corrected chi connectivity index (χ0v) is 18.0. The molecule has 2 aromatic carbocycles. The van der Waals surface area contributed by atoms with Crippen LogP contribution < -0.4 is 14.9 Å². The monoisotopic (exact) mass is 449 g/mol. The molecule has 2 aliphatic rings. The molecule has 0 spiro atoms. The minimum Gasteiger partial charge on any atom is -0.378 e. The molecule has 7 nitrogen and oxygen atoms in total. The van der Waals surface area contributed by atoms with Gasteiger partial charge in [-0.15, -0.1) is 0 Å². The number of benzene rings is 2. The van der Waals surface area contributed by atoms with Gasteiger partial charge < -0.3 is 15.0 Å². The molecule has 160 valence electrons. The lowest BCUT2D eigenvalue weighted by atomic mass is 9.85. The van der Waals surface area contributed by atoms with Gasteiger partial charge in [-0.2, -0.15) is 0 Å². The number of sulfonamides is 1. The first-order valence-electron chi connectivity index (χ1n) is 9.99. The summed E-state index contributed by atoms with van der Waals surface area (Å²) in [7, 11) is -3.95. The van der Waals surface area contributed by atoms with Crippen molar-refractivity contribution in [3.8, 4) is 0 Å². The topological polar surface area (TPSA) is 87.7 Å². The summed E-state index contributed by atoms with van der Waals surface area (Å²) in [5.41, 5.74) is 1.33. The number of anilines is 3.